The molecule has 15 heavy (non-hydrogen) atoms. The van der Waals surface area contributed by atoms with Crippen LogP contribution in [0.1, 0.15) is 53.4 Å². The molecule has 3 aliphatic carbocycles. The Bertz CT molecular complexity index is 292. The molecular formula is C14H25N. The minimum absolute atomic E-state index is 0.306. The van der Waals surface area contributed by atoms with Crippen molar-refractivity contribution in [2.75, 3.05) is 7.05 Å². The lowest BCUT2D eigenvalue weighted by molar-refractivity contribution is 0.105. The molecule has 0 aromatic carbocycles. The van der Waals surface area contributed by atoms with Gasteiger partial charge in [-0.15, -0.1) is 0 Å². The molecule has 0 amide bonds. The summed E-state index contributed by atoms with van der Waals surface area (Å²) in [5.74, 6) is 0. The Labute approximate surface area is 94.3 Å². The molecule has 1 nitrogen and oxygen atoms in total. The van der Waals surface area contributed by atoms with Crippen molar-refractivity contribution >= 4 is 0 Å². The van der Waals surface area contributed by atoms with Crippen molar-refractivity contribution in [1.29, 1.82) is 0 Å². The average molecular weight is 207 g/mol. The average Bonchev–Trinajstić information content (AvgIpc) is 1.97. The Kier molecular flexibility index (Phi) is 2.31. The Balaban J connectivity index is 2.30. The van der Waals surface area contributed by atoms with Gasteiger partial charge in [0.25, 0.3) is 0 Å². The van der Waals surface area contributed by atoms with Gasteiger partial charge in [-0.2, -0.15) is 0 Å². The van der Waals surface area contributed by atoms with E-state index in [2.05, 4.69) is 46.1 Å². The van der Waals surface area contributed by atoms with Crippen molar-refractivity contribution < 1.29 is 0 Å². The summed E-state index contributed by atoms with van der Waals surface area (Å²) >= 11 is 0. The lowest BCUT2D eigenvalue weighted by Crippen LogP contribution is -2.50. The van der Waals surface area contributed by atoms with E-state index >= 15 is 0 Å². The van der Waals surface area contributed by atoms with Crippen LogP contribution in [0, 0.1) is 10.8 Å². The van der Waals surface area contributed by atoms with E-state index in [1.807, 2.05) is 0 Å². The van der Waals surface area contributed by atoms with E-state index in [1.54, 1.807) is 5.57 Å². The summed E-state index contributed by atoms with van der Waals surface area (Å²) in [6, 6.07) is 0. The number of nitrogens with one attached hydrogen (secondary N) is 1. The second kappa shape index (κ2) is 3.10. The van der Waals surface area contributed by atoms with E-state index < -0.39 is 0 Å². The molecule has 0 aromatic rings. The molecule has 2 bridgehead atoms. The fourth-order valence-electron chi connectivity index (χ4n) is 4.06. The molecule has 3 aliphatic rings. The molecule has 1 heteroatoms. The zero-order valence-electron chi connectivity index (χ0n) is 10.9. The van der Waals surface area contributed by atoms with Crippen LogP contribution in [0.15, 0.2) is 11.6 Å². The van der Waals surface area contributed by atoms with E-state index in [4.69, 9.17) is 0 Å². The summed E-state index contributed by atoms with van der Waals surface area (Å²) in [5, 5.41) is 3.55. The van der Waals surface area contributed by atoms with Crippen LogP contribution in [0.4, 0.5) is 0 Å². The number of hydrogen-bond donors (Lipinski definition) is 1. The van der Waals surface area contributed by atoms with Crippen LogP contribution in [0.3, 0.4) is 0 Å². The molecule has 0 saturated heterocycles. The topological polar surface area (TPSA) is 12.0 Å². The Morgan fingerprint density at radius 3 is 2.20 bits per heavy atom. The molecule has 1 fully saturated rings. The summed E-state index contributed by atoms with van der Waals surface area (Å²) in [4.78, 5) is 0. The first-order valence-corrected chi connectivity index (χ1v) is 6.16. The standard InChI is InChI=1S/C14H25N/c1-12(2)6-11-7-13(3,8-11)10-14(4,9-12)15-5/h6,15H,7-10H2,1-5H3. The van der Waals surface area contributed by atoms with Gasteiger partial charge in [-0.1, -0.05) is 32.4 Å². The Morgan fingerprint density at radius 2 is 1.67 bits per heavy atom. The van der Waals surface area contributed by atoms with Crippen molar-refractivity contribution in [2.45, 2.75) is 58.9 Å². The highest BCUT2D eigenvalue weighted by Crippen LogP contribution is 2.54. The second-order valence-corrected chi connectivity index (χ2v) is 7.12. The molecular weight excluding hydrogens is 182 g/mol. The van der Waals surface area contributed by atoms with Crippen LogP contribution < -0.4 is 5.32 Å². The van der Waals surface area contributed by atoms with Gasteiger partial charge in [-0.25, -0.2) is 0 Å². The molecule has 3 rings (SSSR count). The molecule has 1 N–H and O–H groups in total. The van der Waals surface area contributed by atoms with Crippen LogP contribution in [0.5, 0.6) is 0 Å². The predicted octanol–water partition coefficient (Wildman–Crippen LogP) is 3.51. The van der Waals surface area contributed by atoms with Gasteiger partial charge in [0.05, 0.1) is 0 Å². The third kappa shape index (κ3) is 2.13. The van der Waals surface area contributed by atoms with E-state index in [-0.39, 0.29) is 0 Å². The van der Waals surface area contributed by atoms with Crippen molar-refractivity contribution in [1.82, 2.24) is 5.32 Å². The van der Waals surface area contributed by atoms with Gasteiger partial charge >= 0.3 is 0 Å². The second-order valence-electron chi connectivity index (χ2n) is 7.12. The normalized spacial score (nSPS) is 43.7. The molecule has 0 aromatic heterocycles. The van der Waals surface area contributed by atoms with Gasteiger partial charge < -0.3 is 5.32 Å². The molecule has 0 spiro atoms. The monoisotopic (exact) mass is 207 g/mol. The Hall–Kier alpha value is -0.300. The third-order valence-corrected chi connectivity index (χ3v) is 4.17. The minimum Gasteiger partial charge on any atom is -0.314 e. The maximum Gasteiger partial charge on any atom is 0.0163 e. The van der Waals surface area contributed by atoms with Crippen LogP contribution in [-0.4, -0.2) is 12.6 Å². The highest BCUT2D eigenvalue weighted by molar-refractivity contribution is 5.24. The molecule has 1 atom stereocenters. The predicted molar refractivity (Wildman–Crippen MR) is 65.9 cm³/mol. The van der Waals surface area contributed by atoms with Crippen molar-refractivity contribution in [2.24, 2.45) is 10.8 Å². The fourth-order valence-corrected chi connectivity index (χ4v) is 4.06. The van der Waals surface area contributed by atoms with Crippen molar-refractivity contribution in [3.05, 3.63) is 11.6 Å². The van der Waals surface area contributed by atoms with E-state index in [0.717, 1.165) is 0 Å². The summed E-state index contributed by atoms with van der Waals surface area (Å²) in [6.45, 7) is 9.57. The third-order valence-electron chi connectivity index (χ3n) is 4.17. The van der Waals surface area contributed by atoms with Gasteiger partial charge in [0.15, 0.2) is 0 Å². The zero-order valence-corrected chi connectivity index (χ0v) is 10.9. The van der Waals surface area contributed by atoms with Gasteiger partial charge in [-0.05, 0) is 50.5 Å². The van der Waals surface area contributed by atoms with Gasteiger partial charge in [0.1, 0.15) is 0 Å². The van der Waals surface area contributed by atoms with Crippen LogP contribution >= 0.6 is 0 Å². The lowest BCUT2D eigenvalue weighted by atomic mass is 9.56. The Morgan fingerprint density at radius 1 is 1.07 bits per heavy atom. The highest BCUT2D eigenvalue weighted by atomic mass is 14.9. The quantitative estimate of drug-likeness (QED) is 0.649. The van der Waals surface area contributed by atoms with Crippen LogP contribution in [0.2, 0.25) is 0 Å². The summed E-state index contributed by atoms with van der Waals surface area (Å²) in [6.07, 6.45) is 7.75. The molecule has 0 aliphatic heterocycles. The maximum absolute atomic E-state index is 3.55. The molecule has 86 valence electrons. The smallest absolute Gasteiger partial charge is 0.0163 e. The van der Waals surface area contributed by atoms with Gasteiger partial charge in [0.2, 0.25) is 0 Å². The summed E-state index contributed by atoms with van der Waals surface area (Å²) in [7, 11) is 2.12. The summed E-state index contributed by atoms with van der Waals surface area (Å²) < 4.78 is 0. The molecule has 0 heterocycles. The van der Waals surface area contributed by atoms with Crippen LogP contribution in [0.25, 0.3) is 0 Å². The maximum atomic E-state index is 3.55. The van der Waals surface area contributed by atoms with Gasteiger partial charge in [0, 0.05) is 5.54 Å². The van der Waals surface area contributed by atoms with Crippen molar-refractivity contribution in [3.63, 3.8) is 0 Å². The number of rotatable bonds is 1. The molecule has 0 radical (unpaired) electrons. The number of hydrogen-bond acceptors (Lipinski definition) is 1. The number of allylic oxidation sites excluding steroid dienone is 2. The first-order valence-electron chi connectivity index (χ1n) is 6.16. The molecule has 1 unspecified atom stereocenters. The first-order chi connectivity index (χ1) is 6.76. The minimum atomic E-state index is 0.306. The largest absolute Gasteiger partial charge is 0.314 e. The molecule has 1 saturated carbocycles. The zero-order chi connectivity index (χ0) is 11.3. The first kappa shape index (κ1) is 11.2. The van der Waals surface area contributed by atoms with Crippen molar-refractivity contribution in [3.8, 4) is 0 Å². The number of fused-ring (bicyclic) bond motifs is 4. The van der Waals surface area contributed by atoms with E-state index in [1.165, 1.54) is 25.7 Å². The summed E-state index contributed by atoms with van der Waals surface area (Å²) in [5.41, 5.74) is 2.93. The fraction of sp³-hybridized carbons (Fsp3) is 0.857. The van der Waals surface area contributed by atoms with E-state index in [0.29, 0.717) is 16.4 Å². The van der Waals surface area contributed by atoms with Crippen LogP contribution in [-0.2, 0) is 0 Å². The lowest BCUT2D eigenvalue weighted by Gasteiger charge is -2.52. The van der Waals surface area contributed by atoms with Gasteiger partial charge in [-0.3, -0.25) is 0 Å². The van der Waals surface area contributed by atoms with E-state index in [9.17, 15) is 0 Å². The SMILES string of the molecule is CNC1(C)CC(C)(C)C=C2CC(C)(C2)C1. The highest BCUT2D eigenvalue weighted by Gasteiger charge is 2.45.